The number of fused-ring (bicyclic) bond motifs is 1. The first-order valence-electron chi connectivity index (χ1n) is 8.36. The van der Waals surface area contributed by atoms with E-state index in [1.807, 2.05) is 23.1 Å². The summed E-state index contributed by atoms with van der Waals surface area (Å²) in [7, 11) is 0. The minimum atomic E-state index is -0.0220. The summed E-state index contributed by atoms with van der Waals surface area (Å²) >= 11 is 0. The maximum absolute atomic E-state index is 12.3. The molecular formula is C18H20N2O4. The van der Waals surface area contributed by atoms with Crippen molar-refractivity contribution in [2.24, 2.45) is 5.92 Å². The summed E-state index contributed by atoms with van der Waals surface area (Å²) < 4.78 is 10.6. The van der Waals surface area contributed by atoms with Crippen LogP contribution < -0.4 is 9.47 Å². The number of piperazine rings is 1. The number of hydrogen-bond donors (Lipinski definition) is 0. The fourth-order valence-electron chi connectivity index (χ4n) is 3.03. The fraction of sp³-hybridized carbons (Fsp3) is 0.444. The Hall–Kier alpha value is -2.50. The Morgan fingerprint density at radius 1 is 1.00 bits per heavy atom. The largest absolute Gasteiger partial charge is 0.454 e. The lowest BCUT2D eigenvalue weighted by Gasteiger charge is -2.34. The van der Waals surface area contributed by atoms with Crippen LogP contribution in [0.4, 0.5) is 0 Å². The van der Waals surface area contributed by atoms with E-state index < -0.39 is 0 Å². The summed E-state index contributed by atoms with van der Waals surface area (Å²) in [4.78, 5) is 28.0. The van der Waals surface area contributed by atoms with Crippen LogP contribution in [0.2, 0.25) is 0 Å². The highest BCUT2D eigenvalue weighted by molar-refractivity contribution is 5.92. The van der Waals surface area contributed by atoms with Crippen LogP contribution in [0, 0.1) is 5.92 Å². The molecule has 0 bridgehead atoms. The summed E-state index contributed by atoms with van der Waals surface area (Å²) in [5.74, 6) is 1.93. The number of nitrogens with zero attached hydrogens (tertiary/aromatic N) is 2. The zero-order chi connectivity index (χ0) is 16.5. The summed E-state index contributed by atoms with van der Waals surface area (Å²) in [5, 5.41) is 0. The monoisotopic (exact) mass is 328 g/mol. The van der Waals surface area contributed by atoms with E-state index in [0.717, 1.165) is 24.2 Å². The number of ether oxygens (including phenoxy) is 2. The number of rotatable bonds is 3. The molecule has 2 fully saturated rings. The van der Waals surface area contributed by atoms with Crippen molar-refractivity contribution in [3.63, 3.8) is 0 Å². The standard InChI is InChI=1S/C18H20N2O4/c21-17(6-2-13-1-5-15-16(11-13)24-12-23-15)19-7-9-20(10-8-19)18(22)14-3-4-14/h1-2,5-6,11,14H,3-4,7-10,12H2. The molecule has 4 rings (SSSR count). The lowest BCUT2D eigenvalue weighted by molar-refractivity contribution is -0.138. The highest BCUT2D eigenvalue weighted by atomic mass is 16.7. The van der Waals surface area contributed by atoms with Gasteiger partial charge in [-0.05, 0) is 36.6 Å². The van der Waals surface area contributed by atoms with Gasteiger partial charge in [-0.2, -0.15) is 0 Å². The van der Waals surface area contributed by atoms with E-state index in [2.05, 4.69) is 0 Å². The Kier molecular flexibility index (Phi) is 3.88. The maximum Gasteiger partial charge on any atom is 0.246 e. The van der Waals surface area contributed by atoms with Crippen molar-refractivity contribution in [3.05, 3.63) is 29.8 Å². The highest BCUT2D eigenvalue weighted by Crippen LogP contribution is 2.33. The summed E-state index contributed by atoms with van der Waals surface area (Å²) in [6.45, 7) is 2.72. The van der Waals surface area contributed by atoms with E-state index >= 15 is 0 Å². The number of benzene rings is 1. The van der Waals surface area contributed by atoms with Gasteiger partial charge in [-0.15, -0.1) is 0 Å². The molecule has 0 radical (unpaired) electrons. The van der Waals surface area contributed by atoms with E-state index in [-0.39, 0.29) is 24.5 Å². The van der Waals surface area contributed by atoms with Crippen LogP contribution >= 0.6 is 0 Å². The predicted octanol–water partition coefficient (Wildman–Crippen LogP) is 1.51. The van der Waals surface area contributed by atoms with E-state index in [0.29, 0.717) is 31.9 Å². The summed E-state index contributed by atoms with van der Waals surface area (Å²) in [6, 6.07) is 5.59. The summed E-state index contributed by atoms with van der Waals surface area (Å²) in [6.07, 6.45) is 5.41. The quantitative estimate of drug-likeness (QED) is 0.789. The molecule has 2 heterocycles. The van der Waals surface area contributed by atoms with Crippen molar-refractivity contribution >= 4 is 17.9 Å². The van der Waals surface area contributed by atoms with E-state index in [4.69, 9.17) is 9.47 Å². The van der Waals surface area contributed by atoms with Crippen molar-refractivity contribution in [2.75, 3.05) is 33.0 Å². The lowest BCUT2D eigenvalue weighted by atomic mass is 10.2. The average molecular weight is 328 g/mol. The molecule has 3 aliphatic rings. The Balaban J connectivity index is 1.32. The first kappa shape index (κ1) is 15.1. The van der Waals surface area contributed by atoms with E-state index in [1.165, 1.54) is 0 Å². The highest BCUT2D eigenvalue weighted by Gasteiger charge is 2.34. The lowest BCUT2D eigenvalue weighted by Crippen LogP contribution is -2.50. The molecule has 0 aromatic heterocycles. The SMILES string of the molecule is O=C(C=Cc1ccc2c(c1)OCO2)N1CCN(C(=O)C2CC2)CC1. The molecule has 126 valence electrons. The second-order valence-corrected chi connectivity index (χ2v) is 6.37. The molecule has 1 aromatic carbocycles. The van der Waals surface area contributed by atoms with E-state index in [9.17, 15) is 9.59 Å². The third-order valence-electron chi connectivity index (χ3n) is 4.64. The van der Waals surface area contributed by atoms with Gasteiger partial charge >= 0.3 is 0 Å². The molecule has 0 unspecified atom stereocenters. The van der Waals surface area contributed by atoms with Crippen LogP contribution in [0.25, 0.3) is 6.08 Å². The van der Waals surface area contributed by atoms with Crippen molar-refractivity contribution in [3.8, 4) is 11.5 Å². The van der Waals surface area contributed by atoms with Crippen molar-refractivity contribution in [1.29, 1.82) is 0 Å². The van der Waals surface area contributed by atoms with Gasteiger partial charge in [-0.25, -0.2) is 0 Å². The Bertz CT molecular complexity index is 688. The van der Waals surface area contributed by atoms with Crippen LogP contribution in [0.5, 0.6) is 11.5 Å². The molecule has 1 aromatic rings. The van der Waals surface area contributed by atoms with Gasteiger partial charge in [0.05, 0.1) is 0 Å². The van der Waals surface area contributed by atoms with Crippen molar-refractivity contribution in [2.45, 2.75) is 12.8 Å². The molecule has 2 amide bonds. The molecule has 6 nitrogen and oxygen atoms in total. The van der Waals surface area contributed by atoms with Crippen LogP contribution in [-0.2, 0) is 9.59 Å². The molecule has 2 aliphatic heterocycles. The zero-order valence-corrected chi connectivity index (χ0v) is 13.4. The van der Waals surface area contributed by atoms with Crippen molar-refractivity contribution < 1.29 is 19.1 Å². The average Bonchev–Trinajstić information content (AvgIpc) is 3.37. The molecular weight excluding hydrogens is 308 g/mol. The number of carbonyl (C=O) groups is 2. The molecule has 0 spiro atoms. The molecule has 0 N–H and O–H groups in total. The molecule has 1 saturated heterocycles. The van der Waals surface area contributed by atoms with Crippen LogP contribution in [0.1, 0.15) is 18.4 Å². The first-order chi connectivity index (χ1) is 11.7. The fourth-order valence-corrected chi connectivity index (χ4v) is 3.03. The molecule has 24 heavy (non-hydrogen) atoms. The number of amides is 2. The van der Waals surface area contributed by atoms with Gasteiger partial charge in [0.15, 0.2) is 11.5 Å². The van der Waals surface area contributed by atoms with Crippen LogP contribution in [0.3, 0.4) is 0 Å². The Morgan fingerprint density at radius 2 is 1.71 bits per heavy atom. The maximum atomic E-state index is 12.3. The third-order valence-corrected chi connectivity index (χ3v) is 4.64. The molecule has 1 saturated carbocycles. The Labute approximate surface area is 140 Å². The molecule has 6 heteroatoms. The van der Waals surface area contributed by atoms with Crippen LogP contribution in [0.15, 0.2) is 24.3 Å². The topological polar surface area (TPSA) is 59.1 Å². The summed E-state index contributed by atoms with van der Waals surface area (Å²) in [5.41, 5.74) is 0.898. The number of carbonyl (C=O) groups excluding carboxylic acids is 2. The first-order valence-corrected chi connectivity index (χ1v) is 8.36. The van der Waals surface area contributed by atoms with Gasteiger partial charge in [0.2, 0.25) is 18.6 Å². The molecule has 0 atom stereocenters. The predicted molar refractivity (Wildman–Crippen MR) is 87.5 cm³/mol. The van der Waals surface area contributed by atoms with Gasteiger partial charge < -0.3 is 19.3 Å². The number of hydrogen-bond acceptors (Lipinski definition) is 4. The van der Waals surface area contributed by atoms with Gasteiger partial charge in [0, 0.05) is 38.2 Å². The minimum Gasteiger partial charge on any atom is -0.454 e. The van der Waals surface area contributed by atoms with Crippen LogP contribution in [-0.4, -0.2) is 54.6 Å². The molecule has 1 aliphatic carbocycles. The van der Waals surface area contributed by atoms with Gasteiger partial charge in [0.1, 0.15) is 0 Å². The Morgan fingerprint density at radius 3 is 2.46 bits per heavy atom. The second-order valence-electron chi connectivity index (χ2n) is 6.37. The van der Waals surface area contributed by atoms with Gasteiger partial charge in [-0.3, -0.25) is 9.59 Å². The minimum absolute atomic E-state index is 0.0220. The van der Waals surface area contributed by atoms with E-state index in [1.54, 1.807) is 17.1 Å². The van der Waals surface area contributed by atoms with Crippen molar-refractivity contribution in [1.82, 2.24) is 9.80 Å². The van der Waals surface area contributed by atoms with Gasteiger partial charge in [0.25, 0.3) is 0 Å². The third kappa shape index (κ3) is 3.09. The zero-order valence-electron chi connectivity index (χ0n) is 13.4. The smallest absolute Gasteiger partial charge is 0.246 e. The second kappa shape index (κ2) is 6.19. The normalized spacial score (nSPS) is 19.8. The van der Waals surface area contributed by atoms with Gasteiger partial charge in [-0.1, -0.05) is 6.07 Å².